The third-order valence-corrected chi connectivity index (χ3v) is 4.38. The summed E-state index contributed by atoms with van der Waals surface area (Å²) in [6.07, 6.45) is -4.62. The van der Waals surface area contributed by atoms with E-state index in [1.54, 1.807) is 0 Å². The minimum atomic E-state index is -4.53. The Bertz CT molecular complexity index is 963. The standard InChI is InChI=1S/C16H15F3N2O6S/c17-16(18,19)10-27-13-6-2-1-5-12(13)26-9-8-11-4-3-7-14(28(20,24)25)15(11)21(22)23/h1-7H,8-10H2,(H2,20,24,25). The van der Waals surface area contributed by atoms with Gasteiger partial charge in [0.2, 0.25) is 10.0 Å². The van der Waals surface area contributed by atoms with Gasteiger partial charge in [0, 0.05) is 12.0 Å². The number of nitrogens with two attached hydrogens (primary N) is 1. The van der Waals surface area contributed by atoms with E-state index in [0.29, 0.717) is 0 Å². The molecule has 0 bridgehead atoms. The van der Waals surface area contributed by atoms with Crippen LogP contribution in [0.1, 0.15) is 5.56 Å². The smallest absolute Gasteiger partial charge is 0.422 e. The molecule has 152 valence electrons. The van der Waals surface area contributed by atoms with Gasteiger partial charge in [0.15, 0.2) is 23.0 Å². The lowest BCUT2D eigenvalue weighted by Gasteiger charge is -2.14. The van der Waals surface area contributed by atoms with Crippen molar-refractivity contribution < 1.29 is 36.0 Å². The monoisotopic (exact) mass is 420 g/mol. The summed E-state index contributed by atoms with van der Waals surface area (Å²) < 4.78 is 70.1. The first-order chi connectivity index (χ1) is 13.0. The van der Waals surface area contributed by atoms with Gasteiger partial charge < -0.3 is 9.47 Å². The normalized spacial score (nSPS) is 11.9. The van der Waals surface area contributed by atoms with Crippen LogP contribution in [0.5, 0.6) is 11.5 Å². The van der Waals surface area contributed by atoms with Crippen LogP contribution in [-0.2, 0) is 16.4 Å². The lowest BCUT2D eigenvalue weighted by molar-refractivity contribution is -0.388. The van der Waals surface area contributed by atoms with Crippen molar-refractivity contribution in [1.29, 1.82) is 0 Å². The van der Waals surface area contributed by atoms with E-state index in [-0.39, 0.29) is 30.1 Å². The first kappa shape index (κ1) is 21.4. The first-order valence-electron chi connectivity index (χ1n) is 7.69. The highest BCUT2D eigenvalue weighted by Gasteiger charge is 2.29. The van der Waals surface area contributed by atoms with Crippen LogP contribution in [0.2, 0.25) is 0 Å². The van der Waals surface area contributed by atoms with E-state index in [0.717, 1.165) is 6.07 Å². The van der Waals surface area contributed by atoms with Crippen LogP contribution < -0.4 is 14.6 Å². The fourth-order valence-electron chi connectivity index (χ4n) is 2.33. The highest BCUT2D eigenvalue weighted by atomic mass is 32.2. The predicted molar refractivity (Wildman–Crippen MR) is 91.7 cm³/mol. The van der Waals surface area contributed by atoms with Gasteiger partial charge in [-0.25, -0.2) is 13.6 Å². The second-order valence-corrected chi connectivity index (χ2v) is 7.04. The molecular weight excluding hydrogens is 405 g/mol. The van der Waals surface area contributed by atoms with E-state index in [2.05, 4.69) is 4.74 Å². The van der Waals surface area contributed by atoms with Crippen LogP contribution >= 0.6 is 0 Å². The average molecular weight is 420 g/mol. The lowest BCUT2D eigenvalue weighted by Crippen LogP contribution is -2.19. The second kappa shape index (κ2) is 8.44. The lowest BCUT2D eigenvalue weighted by atomic mass is 10.1. The molecule has 0 aliphatic rings. The Kier molecular flexibility index (Phi) is 6.46. The number of nitro benzene ring substituents is 1. The maximum Gasteiger partial charge on any atom is 0.422 e. The molecule has 2 aromatic carbocycles. The molecule has 0 aromatic heterocycles. The molecule has 0 fully saturated rings. The fraction of sp³-hybridized carbons (Fsp3) is 0.250. The molecule has 2 rings (SSSR count). The molecule has 0 atom stereocenters. The van der Waals surface area contributed by atoms with Gasteiger partial charge in [-0.05, 0) is 18.2 Å². The van der Waals surface area contributed by atoms with Crippen molar-refractivity contribution in [3.8, 4) is 11.5 Å². The molecule has 0 heterocycles. The van der Waals surface area contributed by atoms with Gasteiger partial charge in [0.1, 0.15) is 0 Å². The van der Waals surface area contributed by atoms with Gasteiger partial charge in [-0.1, -0.05) is 24.3 Å². The van der Waals surface area contributed by atoms with E-state index in [1.807, 2.05) is 0 Å². The third kappa shape index (κ3) is 5.82. The number of para-hydroxylation sites is 3. The van der Waals surface area contributed by atoms with E-state index < -0.39 is 38.3 Å². The molecule has 0 aliphatic heterocycles. The van der Waals surface area contributed by atoms with Crippen molar-refractivity contribution in [3.05, 3.63) is 58.1 Å². The number of hydrogen-bond donors (Lipinski definition) is 1. The van der Waals surface area contributed by atoms with Crippen molar-refractivity contribution in [2.75, 3.05) is 13.2 Å². The number of benzene rings is 2. The SMILES string of the molecule is NS(=O)(=O)c1cccc(CCOc2ccccc2OCC(F)(F)F)c1[N+](=O)[O-]. The Morgan fingerprint density at radius 2 is 1.64 bits per heavy atom. The molecule has 0 amide bonds. The van der Waals surface area contributed by atoms with Crippen molar-refractivity contribution in [3.63, 3.8) is 0 Å². The van der Waals surface area contributed by atoms with Gasteiger partial charge in [-0.3, -0.25) is 10.1 Å². The molecule has 0 saturated carbocycles. The predicted octanol–water partition coefficient (Wildman–Crippen LogP) is 2.80. The number of halogens is 3. The minimum Gasteiger partial charge on any atom is -0.489 e. The van der Waals surface area contributed by atoms with Crippen LogP contribution in [-0.4, -0.2) is 32.7 Å². The van der Waals surface area contributed by atoms with Gasteiger partial charge in [0.25, 0.3) is 5.69 Å². The summed E-state index contributed by atoms with van der Waals surface area (Å²) in [6.45, 7) is -1.68. The van der Waals surface area contributed by atoms with Crippen LogP contribution in [0.4, 0.5) is 18.9 Å². The zero-order chi connectivity index (χ0) is 20.9. The largest absolute Gasteiger partial charge is 0.489 e. The molecule has 0 saturated heterocycles. The van der Waals surface area contributed by atoms with Crippen LogP contribution in [0.25, 0.3) is 0 Å². The molecule has 28 heavy (non-hydrogen) atoms. The van der Waals surface area contributed by atoms with Crippen LogP contribution in [0.3, 0.4) is 0 Å². The number of rotatable bonds is 8. The zero-order valence-corrected chi connectivity index (χ0v) is 15.0. The first-order valence-corrected chi connectivity index (χ1v) is 9.24. The Balaban J connectivity index is 2.16. The fourth-order valence-corrected chi connectivity index (χ4v) is 3.07. The van der Waals surface area contributed by atoms with Crippen molar-refractivity contribution >= 4 is 15.7 Å². The Morgan fingerprint density at radius 1 is 1.04 bits per heavy atom. The summed E-state index contributed by atoms with van der Waals surface area (Å²) in [6, 6.07) is 9.27. The number of primary sulfonamides is 1. The van der Waals surface area contributed by atoms with Crippen LogP contribution in [0.15, 0.2) is 47.4 Å². The Labute approximate surface area is 157 Å². The van der Waals surface area contributed by atoms with Gasteiger partial charge >= 0.3 is 6.18 Å². The van der Waals surface area contributed by atoms with Crippen molar-refractivity contribution in [2.24, 2.45) is 5.14 Å². The number of alkyl halides is 3. The van der Waals surface area contributed by atoms with E-state index in [4.69, 9.17) is 9.88 Å². The summed E-state index contributed by atoms with van der Waals surface area (Å²) in [5.74, 6) is -0.135. The van der Waals surface area contributed by atoms with Gasteiger partial charge in [-0.15, -0.1) is 0 Å². The summed E-state index contributed by atoms with van der Waals surface area (Å²) in [5, 5.41) is 16.3. The van der Waals surface area contributed by atoms with E-state index >= 15 is 0 Å². The average Bonchev–Trinajstić information content (AvgIpc) is 2.59. The number of hydrogen-bond acceptors (Lipinski definition) is 6. The molecule has 12 heteroatoms. The number of sulfonamides is 1. The summed E-state index contributed by atoms with van der Waals surface area (Å²) >= 11 is 0. The number of nitrogens with zero attached hydrogens (tertiary/aromatic N) is 1. The molecule has 0 spiro atoms. The maximum absolute atomic E-state index is 12.3. The van der Waals surface area contributed by atoms with Crippen molar-refractivity contribution in [2.45, 2.75) is 17.5 Å². The Hall–Kier alpha value is -2.86. The van der Waals surface area contributed by atoms with E-state index in [1.165, 1.54) is 36.4 Å². The zero-order valence-electron chi connectivity index (χ0n) is 14.2. The topological polar surface area (TPSA) is 122 Å². The molecule has 0 unspecified atom stereocenters. The number of ether oxygens (including phenoxy) is 2. The van der Waals surface area contributed by atoms with Gasteiger partial charge in [0.05, 0.1) is 11.5 Å². The molecule has 0 aliphatic carbocycles. The maximum atomic E-state index is 12.3. The summed E-state index contributed by atoms with van der Waals surface area (Å²) in [5.41, 5.74) is -0.625. The Morgan fingerprint density at radius 3 is 2.18 bits per heavy atom. The minimum absolute atomic E-state index is 0.0111. The van der Waals surface area contributed by atoms with E-state index in [9.17, 15) is 31.7 Å². The quantitative estimate of drug-likeness (QED) is 0.518. The molecule has 2 aromatic rings. The highest BCUT2D eigenvalue weighted by molar-refractivity contribution is 7.89. The molecule has 0 radical (unpaired) electrons. The summed E-state index contributed by atoms with van der Waals surface area (Å²) in [4.78, 5) is 9.77. The second-order valence-electron chi connectivity index (χ2n) is 5.52. The molecular formula is C16H15F3N2O6S. The van der Waals surface area contributed by atoms with Crippen molar-refractivity contribution in [1.82, 2.24) is 0 Å². The van der Waals surface area contributed by atoms with Crippen LogP contribution in [0, 0.1) is 10.1 Å². The molecule has 2 N–H and O–H groups in total. The molecule has 8 nitrogen and oxygen atoms in total. The number of nitro groups is 1. The highest BCUT2D eigenvalue weighted by Crippen LogP contribution is 2.30. The van der Waals surface area contributed by atoms with Gasteiger partial charge in [-0.2, -0.15) is 13.2 Å². The summed E-state index contributed by atoms with van der Waals surface area (Å²) in [7, 11) is -4.32. The third-order valence-electron chi connectivity index (χ3n) is 3.44.